The van der Waals surface area contributed by atoms with Crippen molar-refractivity contribution in [3.63, 3.8) is 0 Å². The second-order valence-electron chi connectivity index (χ2n) is 3.82. The molecular weight excluding hydrogens is 164 g/mol. The van der Waals surface area contributed by atoms with Gasteiger partial charge < -0.3 is 10.6 Å². The molecule has 1 unspecified atom stereocenters. The maximum atomic E-state index is 10.5. The van der Waals surface area contributed by atoms with Crippen molar-refractivity contribution in [3.8, 4) is 0 Å². The summed E-state index contributed by atoms with van der Waals surface area (Å²) in [6.07, 6.45) is 0.997. The van der Waals surface area contributed by atoms with E-state index in [2.05, 4.69) is 31.4 Å². The van der Waals surface area contributed by atoms with Crippen molar-refractivity contribution in [1.29, 1.82) is 0 Å². The van der Waals surface area contributed by atoms with Gasteiger partial charge in [-0.2, -0.15) is 0 Å². The summed E-state index contributed by atoms with van der Waals surface area (Å²) < 4.78 is 0. The van der Waals surface area contributed by atoms with Crippen LogP contribution in [0, 0.1) is 5.92 Å². The molecule has 0 aromatic carbocycles. The zero-order valence-electron chi connectivity index (χ0n) is 9.18. The molecule has 0 radical (unpaired) electrons. The first-order valence-corrected chi connectivity index (χ1v) is 5.02. The average Bonchev–Trinajstić information content (AvgIpc) is 2.02. The highest BCUT2D eigenvalue weighted by Gasteiger charge is 2.04. The van der Waals surface area contributed by atoms with Crippen LogP contribution >= 0.6 is 0 Å². The fraction of sp³-hybridized carbons (Fsp3) is 0.900. The Bertz CT molecular complexity index is 146. The highest BCUT2D eigenvalue weighted by molar-refractivity contribution is 5.72. The van der Waals surface area contributed by atoms with Gasteiger partial charge in [0, 0.05) is 19.5 Å². The van der Waals surface area contributed by atoms with Gasteiger partial charge in [0.25, 0.3) is 0 Å². The lowest BCUT2D eigenvalue weighted by Gasteiger charge is -2.17. The van der Waals surface area contributed by atoms with Gasteiger partial charge in [0.1, 0.15) is 0 Å². The second kappa shape index (κ2) is 6.89. The molecule has 0 aliphatic rings. The molecule has 0 bridgehead atoms. The minimum Gasteiger partial charge on any atom is -0.356 e. The second-order valence-corrected chi connectivity index (χ2v) is 3.82. The largest absolute Gasteiger partial charge is 0.356 e. The summed E-state index contributed by atoms with van der Waals surface area (Å²) in [5.41, 5.74) is 0. The van der Waals surface area contributed by atoms with E-state index in [-0.39, 0.29) is 5.91 Å². The van der Waals surface area contributed by atoms with Crippen LogP contribution in [0.1, 0.15) is 34.1 Å². The molecule has 1 atom stereocenters. The number of nitrogens with one attached hydrogen (secondary N) is 2. The van der Waals surface area contributed by atoms with Gasteiger partial charge in [0.05, 0.1) is 0 Å². The van der Waals surface area contributed by atoms with Gasteiger partial charge in [-0.25, -0.2) is 0 Å². The van der Waals surface area contributed by atoms with E-state index in [0.717, 1.165) is 19.5 Å². The van der Waals surface area contributed by atoms with Crippen LogP contribution in [0.15, 0.2) is 0 Å². The maximum absolute atomic E-state index is 10.5. The van der Waals surface area contributed by atoms with Crippen molar-refractivity contribution >= 4 is 5.91 Å². The molecule has 0 fully saturated rings. The molecule has 13 heavy (non-hydrogen) atoms. The first kappa shape index (κ1) is 12.4. The molecule has 0 saturated heterocycles. The Morgan fingerprint density at radius 2 is 1.85 bits per heavy atom. The van der Waals surface area contributed by atoms with Crippen LogP contribution in [0.3, 0.4) is 0 Å². The number of carbonyl (C=O) groups is 1. The zero-order valence-corrected chi connectivity index (χ0v) is 9.18. The standard InChI is InChI=1S/C10H22N2O/c1-8(2)9(3)11-6-5-7-12-10(4)13/h8-9,11H,5-7H2,1-4H3,(H,12,13). The highest BCUT2D eigenvalue weighted by atomic mass is 16.1. The SMILES string of the molecule is CC(=O)NCCCNC(C)C(C)C. The molecule has 3 heteroatoms. The Morgan fingerprint density at radius 3 is 2.31 bits per heavy atom. The number of amides is 1. The zero-order chi connectivity index (χ0) is 10.3. The quantitative estimate of drug-likeness (QED) is 0.611. The minimum absolute atomic E-state index is 0.0527. The average molecular weight is 186 g/mol. The van der Waals surface area contributed by atoms with Gasteiger partial charge >= 0.3 is 0 Å². The van der Waals surface area contributed by atoms with Gasteiger partial charge in [0.2, 0.25) is 5.91 Å². The summed E-state index contributed by atoms with van der Waals surface area (Å²) >= 11 is 0. The molecule has 0 heterocycles. The summed E-state index contributed by atoms with van der Waals surface area (Å²) in [6, 6.07) is 0.553. The maximum Gasteiger partial charge on any atom is 0.216 e. The third-order valence-corrected chi connectivity index (χ3v) is 2.19. The van der Waals surface area contributed by atoms with Crippen LogP contribution in [0.2, 0.25) is 0 Å². The number of hydrogen-bond acceptors (Lipinski definition) is 2. The van der Waals surface area contributed by atoms with E-state index >= 15 is 0 Å². The van der Waals surface area contributed by atoms with Crippen molar-refractivity contribution in [2.24, 2.45) is 5.92 Å². The van der Waals surface area contributed by atoms with E-state index in [1.54, 1.807) is 6.92 Å². The summed E-state index contributed by atoms with van der Waals surface area (Å²) in [5, 5.41) is 6.17. The smallest absolute Gasteiger partial charge is 0.216 e. The normalized spacial score (nSPS) is 13.0. The lowest BCUT2D eigenvalue weighted by atomic mass is 10.1. The van der Waals surface area contributed by atoms with Crippen LogP contribution in [-0.4, -0.2) is 25.0 Å². The monoisotopic (exact) mass is 186 g/mol. The molecule has 0 rings (SSSR count). The Balaban J connectivity index is 3.21. The van der Waals surface area contributed by atoms with Gasteiger partial charge in [0.15, 0.2) is 0 Å². The van der Waals surface area contributed by atoms with Crippen molar-refractivity contribution in [2.75, 3.05) is 13.1 Å². The fourth-order valence-electron chi connectivity index (χ4n) is 0.918. The molecule has 0 aliphatic heterocycles. The molecule has 0 saturated carbocycles. The molecule has 1 amide bonds. The van der Waals surface area contributed by atoms with Crippen LogP contribution in [0.4, 0.5) is 0 Å². The Labute approximate surface area is 81.3 Å². The van der Waals surface area contributed by atoms with E-state index in [0.29, 0.717) is 12.0 Å². The molecule has 0 aliphatic carbocycles. The van der Waals surface area contributed by atoms with Crippen molar-refractivity contribution in [1.82, 2.24) is 10.6 Å². The topological polar surface area (TPSA) is 41.1 Å². The number of rotatable bonds is 6. The summed E-state index contributed by atoms with van der Waals surface area (Å²) in [4.78, 5) is 10.5. The van der Waals surface area contributed by atoms with Crippen LogP contribution in [-0.2, 0) is 4.79 Å². The van der Waals surface area contributed by atoms with E-state index < -0.39 is 0 Å². The highest BCUT2D eigenvalue weighted by Crippen LogP contribution is 1.98. The van der Waals surface area contributed by atoms with Gasteiger partial charge in [-0.15, -0.1) is 0 Å². The lowest BCUT2D eigenvalue weighted by molar-refractivity contribution is -0.118. The van der Waals surface area contributed by atoms with Crippen molar-refractivity contribution in [2.45, 2.75) is 40.2 Å². The third kappa shape index (κ3) is 7.78. The third-order valence-electron chi connectivity index (χ3n) is 2.19. The first-order valence-electron chi connectivity index (χ1n) is 5.02. The Kier molecular flexibility index (Phi) is 6.59. The molecule has 78 valence electrons. The number of hydrogen-bond donors (Lipinski definition) is 2. The fourth-order valence-corrected chi connectivity index (χ4v) is 0.918. The van der Waals surface area contributed by atoms with Gasteiger partial charge in [-0.3, -0.25) is 4.79 Å². The molecule has 0 spiro atoms. The van der Waals surface area contributed by atoms with Crippen molar-refractivity contribution in [3.05, 3.63) is 0 Å². The van der Waals surface area contributed by atoms with Crippen LogP contribution in [0.25, 0.3) is 0 Å². The molecule has 0 aromatic heterocycles. The molecular formula is C10H22N2O. The summed E-state index contributed by atoms with van der Waals surface area (Å²) in [7, 11) is 0. The predicted octanol–water partition coefficient (Wildman–Crippen LogP) is 1.15. The summed E-state index contributed by atoms with van der Waals surface area (Å²) in [5.74, 6) is 0.720. The van der Waals surface area contributed by atoms with E-state index in [1.807, 2.05) is 0 Å². The van der Waals surface area contributed by atoms with Gasteiger partial charge in [-0.05, 0) is 25.8 Å². The van der Waals surface area contributed by atoms with Gasteiger partial charge in [-0.1, -0.05) is 13.8 Å². The van der Waals surface area contributed by atoms with E-state index in [4.69, 9.17) is 0 Å². The van der Waals surface area contributed by atoms with Crippen LogP contribution in [0.5, 0.6) is 0 Å². The molecule has 0 aromatic rings. The Hall–Kier alpha value is -0.570. The first-order chi connectivity index (χ1) is 6.04. The van der Waals surface area contributed by atoms with E-state index in [1.165, 1.54) is 0 Å². The molecule has 2 N–H and O–H groups in total. The Morgan fingerprint density at radius 1 is 1.23 bits per heavy atom. The van der Waals surface area contributed by atoms with Crippen LogP contribution < -0.4 is 10.6 Å². The number of carbonyl (C=O) groups excluding carboxylic acids is 1. The summed E-state index contributed by atoms with van der Waals surface area (Å²) in [6.45, 7) is 9.87. The molecule has 3 nitrogen and oxygen atoms in total. The van der Waals surface area contributed by atoms with E-state index in [9.17, 15) is 4.79 Å². The predicted molar refractivity (Wildman–Crippen MR) is 55.6 cm³/mol. The van der Waals surface area contributed by atoms with Crippen molar-refractivity contribution < 1.29 is 4.79 Å². The minimum atomic E-state index is 0.0527. The lowest BCUT2D eigenvalue weighted by Crippen LogP contribution is -2.33.